The Kier molecular flexibility index (Phi) is 6.16. The Balaban J connectivity index is 2.58. The Morgan fingerprint density at radius 1 is 1.12 bits per heavy atom. The molecule has 0 spiro atoms. The summed E-state index contributed by atoms with van der Waals surface area (Å²) in [6, 6.07) is 0. The van der Waals surface area contributed by atoms with Crippen molar-refractivity contribution in [2.75, 3.05) is 0 Å². The highest BCUT2D eigenvalue weighted by atomic mass is 14.2. The molecule has 3 atom stereocenters. The predicted octanol–water partition coefficient (Wildman–Crippen LogP) is 5.44. The summed E-state index contributed by atoms with van der Waals surface area (Å²) in [5.41, 5.74) is 0. The molecule has 1 aliphatic rings. The van der Waals surface area contributed by atoms with Gasteiger partial charge in [-0.2, -0.15) is 0 Å². The fraction of sp³-hybridized carbons (Fsp3) is 0.875. The highest BCUT2D eigenvalue weighted by Gasteiger charge is 2.17. The van der Waals surface area contributed by atoms with E-state index in [0.29, 0.717) is 0 Å². The molecule has 0 aromatic heterocycles. The fourth-order valence-corrected chi connectivity index (χ4v) is 2.83. The van der Waals surface area contributed by atoms with Crippen molar-refractivity contribution >= 4 is 0 Å². The number of hydrogen-bond donors (Lipinski definition) is 0. The van der Waals surface area contributed by atoms with Gasteiger partial charge in [0.25, 0.3) is 0 Å². The van der Waals surface area contributed by atoms with Crippen molar-refractivity contribution in [3.63, 3.8) is 0 Å². The monoisotopic (exact) mass is 222 g/mol. The summed E-state index contributed by atoms with van der Waals surface area (Å²) in [4.78, 5) is 0. The molecule has 0 unspecified atom stereocenters. The van der Waals surface area contributed by atoms with Crippen molar-refractivity contribution in [1.82, 2.24) is 0 Å². The number of hydrogen-bond acceptors (Lipinski definition) is 0. The molecule has 16 heavy (non-hydrogen) atoms. The van der Waals surface area contributed by atoms with Crippen molar-refractivity contribution < 1.29 is 0 Å². The minimum atomic E-state index is 0.789. The first-order valence-electron chi connectivity index (χ1n) is 7.30. The Morgan fingerprint density at radius 3 is 2.44 bits per heavy atom. The highest BCUT2D eigenvalue weighted by Crippen LogP contribution is 2.30. The molecule has 1 rings (SSSR count). The van der Waals surface area contributed by atoms with Crippen LogP contribution >= 0.6 is 0 Å². The van der Waals surface area contributed by atoms with Crippen LogP contribution in [0.1, 0.15) is 66.2 Å². The van der Waals surface area contributed by atoms with Crippen molar-refractivity contribution in [3.05, 3.63) is 12.2 Å². The van der Waals surface area contributed by atoms with Crippen LogP contribution in [-0.2, 0) is 0 Å². The van der Waals surface area contributed by atoms with Gasteiger partial charge in [-0.05, 0) is 55.8 Å². The molecule has 0 aromatic rings. The van der Waals surface area contributed by atoms with Gasteiger partial charge in [0.05, 0.1) is 0 Å². The van der Waals surface area contributed by atoms with E-state index in [1.807, 2.05) is 0 Å². The molecule has 0 nitrogen and oxygen atoms in total. The van der Waals surface area contributed by atoms with Gasteiger partial charge in [-0.1, -0.05) is 46.3 Å². The Morgan fingerprint density at radius 2 is 1.81 bits per heavy atom. The molecule has 0 fully saturated rings. The fourth-order valence-electron chi connectivity index (χ4n) is 2.83. The minimum absolute atomic E-state index is 0.789. The van der Waals surface area contributed by atoms with Gasteiger partial charge >= 0.3 is 0 Å². The van der Waals surface area contributed by atoms with Crippen LogP contribution in [0.25, 0.3) is 0 Å². The predicted molar refractivity (Wildman–Crippen MR) is 73.5 cm³/mol. The normalized spacial score (nSPS) is 34.9. The molecule has 0 radical (unpaired) electrons. The first-order chi connectivity index (χ1) is 7.63. The van der Waals surface area contributed by atoms with Crippen LogP contribution in [0.15, 0.2) is 12.2 Å². The van der Waals surface area contributed by atoms with E-state index in [-0.39, 0.29) is 0 Å². The number of allylic oxidation sites excluding steroid dienone is 2. The Bertz CT molecular complexity index is 202. The molecule has 0 N–H and O–H groups in total. The van der Waals surface area contributed by atoms with E-state index in [0.717, 1.165) is 23.7 Å². The third kappa shape index (κ3) is 4.72. The zero-order valence-corrected chi connectivity index (χ0v) is 11.7. The summed E-state index contributed by atoms with van der Waals surface area (Å²) in [6.07, 6.45) is 13.3. The molecule has 0 saturated carbocycles. The third-order valence-corrected chi connectivity index (χ3v) is 4.39. The molecule has 1 aliphatic carbocycles. The largest absolute Gasteiger partial charge is 0.0880 e. The molecule has 0 heterocycles. The maximum Gasteiger partial charge on any atom is -0.0262 e. The van der Waals surface area contributed by atoms with Crippen LogP contribution in [0.2, 0.25) is 0 Å². The standard InChI is InChI=1S/C16H30/c1-5-15-8-6-7-14(4)9-11-16(12-10-15)13(2)3/h6-7,13-16H,5,8-12H2,1-4H3/b7-6-/t14-,15-,16+/m0/s1. The second-order valence-corrected chi connectivity index (χ2v) is 6.07. The van der Waals surface area contributed by atoms with E-state index in [4.69, 9.17) is 0 Å². The molecule has 94 valence electrons. The van der Waals surface area contributed by atoms with Crippen molar-refractivity contribution in [2.24, 2.45) is 23.7 Å². The van der Waals surface area contributed by atoms with Gasteiger partial charge in [-0.15, -0.1) is 0 Å². The Hall–Kier alpha value is -0.260. The van der Waals surface area contributed by atoms with E-state index in [9.17, 15) is 0 Å². The van der Waals surface area contributed by atoms with Crippen LogP contribution in [0.4, 0.5) is 0 Å². The maximum absolute atomic E-state index is 2.45. The van der Waals surface area contributed by atoms with E-state index >= 15 is 0 Å². The van der Waals surface area contributed by atoms with Gasteiger partial charge in [0.15, 0.2) is 0 Å². The summed E-state index contributed by atoms with van der Waals surface area (Å²) in [5, 5.41) is 0. The van der Waals surface area contributed by atoms with Crippen molar-refractivity contribution in [3.8, 4) is 0 Å². The lowest BCUT2D eigenvalue weighted by atomic mass is 9.81. The summed E-state index contributed by atoms with van der Waals surface area (Å²) >= 11 is 0. The van der Waals surface area contributed by atoms with Gasteiger partial charge in [0.1, 0.15) is 0 Å². The van der Waals surface area contributed by atoms with Crippen LogP contribution in [0, 0.1) is 23.7 Å². The van der Waals surface area contributed by atoms with Gasteiger partial charge in [0, 0.05) is 0 Å². The Labute approximate surface area is 103 Å². The number of rotatable bonds is 2. The zero-order valence-electron chi connectivity index (χ0n) is 11.7. The molecule has 0 aliphatic heterocycles. The molecule has 0 heteroatoms. The molecular formula is C16H30. The van der Waals surface area contributed by atoms with Gasteiger partial charge in [-0.25, -0.2) is 0 Å². The summed E-state index contributed by atoms with van der Waals surface area (Å²) in [5.74, 6) is 3.55. The van der Waals surface area contributed by atoms with E-state index < -0.39 is 0 Å². The second kappa shape index (κ2) is 7.14. The van der Waals surface area contributed by atoms with E-state index in [2.05, 4.69) is 39.8 Å². The van der Waals surface area contributed by atoms with Gasteiger partial charge in [0.2, 0.25) is 0 Å². The lowest BCUT2D eigenvalue weighted by Gasteiger charge is -2.25. The third-order valence-electron chi connectivity index (χ3n) is 4.39. The van der Waals surface area contributed by atoms with Gasteiger partial charge in [-0.3, -0.25) is 0 Å². The molecule has 0 bridgehead atoms. The zero-order chi connectivity index (χ0) is 12.0. The van der Waals surface area contributed by atoms with Crippen LogP contribution in [0.3, 0.4) is 0 Å². The van der Waals surface area contributed by atoms with Crippen LogP contribution in [-0.4, -0.2) is 0 Å². The van der Waals surface area contributed by atoms with Gasteiger partial charge < -0.3 is 0 Å². The second-order valence-electron chi connectivity index (χ2n) is 6.07. The van der Waals surface area contributed by atoms with Crippen LogP contribution in [0.5, 0.6) is 0 Å². The quantitative estimate of drug-likeness (QED) is 0.546. The maximum atomic E-state index is 2.45. The first-order valence-corrected chi connectivity index (χ1v) is 7.30. The highest BCUT2D eigenvalue weighted by molar-refractivity contribution is 4.89. The molecule has 0 saturated heterocycles. The summed E-state index contributed by atoms with van der Waals surface area (Å²) < 4.78 is 0. The van der Waals surface area contributed by atoms with Crippen LogP contribution < -0.4 is 0 Å². The minimum Gasteiger partial charge on any atom is -0.0880 e. The SMILES string of the molecule is CC[C@H]1C/C=C\[C@H](C)CC[C@@H](C(C)C)CC1. The average molecular weight is 222 g/mol. The topological polar surface area (TPSA) is 0 Å². The lowest BCUT2D eigenvalue weighted by Crippen LogP contribution is -2.13. The van der Waals surface area contributed by atoms with E-state index in [1.54, 1.807) is 0 Å². The van der Waals surface area contributed by atoms with Crippen molar-refractivity contribution in [1.29, 1.82) is 0 Å². The molecule has 0 aromatic carbocycles. The molecule has 0 amide bonds. The first kappa shape index (κ1) is 13.8. The summed E-state index contributed by atoms with van der Waals surface area (Å²) in [6.45, 7) is 9.52. The summed E-state index contributed by atoms with van der Waals surface area (Å²) in [7, 11) is 0. The average Bonchev–Trinajstić information content (AvgIpc) is 2.26. The van der Waals surface area contributed by atoms with E-state index in [1.165, 1.54) is 38.5 Å². The molecular weight excluding hydrogens is 192 g/mol. The smallest absolute Gasteiger partial charge is 0.0262 e. The lowest BCUT2D eigenvalue weighted by molar-refractivity contribution is 0.283. The van der Waals surface area contributed by atoms with Crippen molar-refractivity contribution in [2.45, 2.75) is 66.2 Å².